The van der Waals surface area contributed by atoms with Crippen molar-refractivity contribution in [1.29, 1.82) is 0 Å². The fraction of sp³-hybridized carbons (Fsp3) is 0.643. The van der Waals surface area contributed by atoms with Crippen LogP contribution in [0.2, 0.25) is 0 Å². The molecular weight excluding hydrogens is 306 g/mol. The molecule has 3 rings (SSSR count). The smallest absolute Gasteiger partial charge is 0.280 e. The minimum atomic E-state index is -3.59. The summed E-state index contributed by atoms with van der Waals surface area (Å²) < 4.78 is 35.1. The maximum atomic E-state index is 12.6. The molecule has 2 fully saturated rings. The van der Waals surface area contributed by atoms with Gasteiger partial charge >= 0.3 is 0 Å². The van der Waals surface area contributed by atoms with E-state index in [1.54, 1.807) is 0 Å². The molecule has 0 saturated carbocycles. The monoisotopic (exact) mass is 327 g/mol. The van der Waals surface area contributed by atoms with Crippen LogP contribution in [0.1, 0.15) is 43.2 Å². The molecule has 2 saturated heterocycles. The summed E-state index contributed by atoms with van der Waals surface area (Å²) in [6.07, 6.45) is 2.46. The molecule has 2 aliphatic rings. The van der Waals surface area contributed by atoms with Crippen LogP contribution in [-0.2, 0) is 15.0 Å². The van der Waals surface area contributed by atoms with Gasteiger partial charge in [0.15, 0.2) is 0 Å². The molecule has 2 aliphatic heterocycles. The maximum Gasteiger partial charge on any atom is 0.280 e. The first-order chi connectivity index (χ1) is 10.5. The fourth-order valence-electron chi connectivity index (χ4n) is 3.06. The molecular formula is C14H21N3O4S. The summed E-state index contributed by atoms with van der Waals surface area (Å²) in [6.45, 7) is 2.68. The number of hydrogen-bond acceptors (Lipinski definition) is 4. The van der Waals surface area contributed by atoms with Crippen LogP contribution in [0.4, 0.5) is 0 Å². The number of piperidine rings is 1. The Hall–Kier alpha value is -1.38. The average Bonchev–Trinajstić information content (AvgIpc) is 3.09. The summed E-state index contributed by atoms with van der Waals surface area (Å²) in [6, 6.07) is 3.20. The predicted molar refractivity (Wildman–Crippen MR) is 80.2 cm³/mol. The molecule has 8 heteroatoms. The van der Waals surface area contributed by atoms with E-state index in [0.29, 0.717) is 31.7 Å². The van der Waals surface area contributed by atoms with Crippen LogP contribution in [0.3, 0.4) is 0 Å². The fourth-order valence-corrected chi connectivity index (χ4v) is 4.73. The van der Waals surface area contributed by atoms with Crippen molar-refractivity contribution in [3.8, 4) is 0 Å². The number of carbonyl (C=O) groups excluding carboxylic acids is 1. The lowest BCUT2D eigenvalue weighted by Gasteiger charge is -2.28. The van der Waals surface area contributed by atoms with Gasteiger partial charge in [0.2, 0.25) is 5.91 Å². The van der Waals surface area contributed by atoms with Crippen LogP contribution < -0.4 is 10.0 Å². The molecule has 1 aromatic rings. The molecule has 0 radical (unpaired) electrons. The van der Waals surface area contributed by atoms with Gasteiger partial charge in [-0.1, -0.05) is 0 Å². The zero-order chi connectivity index (χ0) is 15.7. The number of amides is 1. The van der Waals surface area contributed by atoms with Gasteiger partial charge in [-0.25, -0.2) is 0 Å². The third-order valence-corrected chi connectivity index (χ3v) is 5.87. The standard InChI is InChI=1S/C14H21N3O4S/c1-10-4-6-13(21-10)12-3-2-8-17(12)22(19,20)16-11-5-7-14(18)15-9-11/h4,6,11-12,16H,2-3,5,7-9H2,1H3,(H,15,18). The van der Waals surface area contributed by atoms with Gasteiger partial charge in [-0.3, -0.25) is 4.79 Å². The molecule has 22 heavy (non-hydrogen) atoms. The molecule has 1 amide bonds. The third kappa shape index (κ3) is 3.18. The van der Waals surface area contributed by atoms with Crippen LogP contribution in [-0.4, -0.2) is 37.8 Å². The first kappa shape index (κ1) is 15.5. The first-order valence-electron chi connectivity index (χ1n) is 7.58. The van der Waals surface area contributed by atoms with E-state index in [1.807, 2.05) is 19.1 Å². The van der Waals surface area contributed by atoms with Crippen molar-refractivity contribution in [2.24, 2.45) is 0 Å². The molecule has 0 aromatic carbocycles. The minimum absolute atomic E-state index is 0.0273. The van der Waals surface area contributed by atoms with Crippen LogP contribution in [0, 0.1) is 6.92 Å². The van der Waals surface area contributed by atoms with Gasteiger partial charge in [-0.2, -0.15) is 17.4 Å². The lowest BCUT2D eigenvalue weighted by atomic mass is 10.1. The molecule has 3 heterocycles. The van der Waals surface area contributed by atoms with Gasteiger partial charge in [-0.15, -0.1) is 0 Å². The minimum Gasteiger partial charge on any atom is -0.465 e. The normalized spacial score (nSPS) is 27.0. The van der Waals surface area contributed by atoms with Crippen molar-refractivity contribution in [2.75, 3.05) is 13.1 Å². The zero-order valence-electron chi connectivity index (χ0n) is 12.5. The molecule has 2 atom stereocenters. The van der Waals surface area contributed by atoms with E-state index in [4.69, 9.17) is 4.42 Å². The average molecular weight is 327 g/mol. The van der Waals surface area contributed by atoms with Crippen molar-refractivity contribution in [3.63, 3.8) is 0 Å². The molecule has 1 aromatic heterocycles. The van der Waals surface area contributed by atoms with E-state index in [2.05, 4.69) is 10.0 Å². The van der Waals surface area contributed by atoms with E-state index in [1.165, 1.54) is 4.31 Å². The van der Waals surface area contributed by atoms with Gasteiger partial charge in [0, 0.05) is 25.6 Å². The Morgan fingerprint density at radius 1 is 1.36 bits per heavy atom. The SMILES string of the molecule is Cc1ccc(C2CCCN2S(=O)(=O)NC2CCC(=O)NC2)o1. The summed E-state index contributed by atoms with van der Waals surface area (Å²) >= 11 is 0. The summed E-state index contributed by atoms with van der Waals surface area (Å²) in [5.74, 6) is 1.44. The Balaban J connectivity index is 1.72. The van der Waals surface area contributed by atoms with Crippen LogP contribution >= 0.6 is 0 Å². The predicted octanol–water partition coefficient (Wildman–Crippen LogP) is 0.838. The number of rotatable bonds is 4. The highest BCUT2D eigenvalue weighted by Crippen LogP contribution is 2.34. The summed E-state index contributed by atoms with van der Waals surface area (Å²) in [7, 11) is -3.59. The highest BCUT2D eigenvalue weighted by atomic mass is 32.2. The van der Waals surface area contributed by atoms with E-state index in [0.717, 1.165) is 18.6 Å². The van der Waals surface area contributed by atoms with Gasteiger partial charge < -0.3 is 9.73 Å². The Morgan fingerprint density at radius 3 is 2.82 bits per heavy atom. The number of nitrogens with zero attached hydrogens (tertiary/aromatic N) is 1. The highest BCUT2D eigenvalue weighted by Gasteiger charge is 2.38. The largest absolute Gasteiger partial charge is 0.465 e. The molecule has 7 nitrogen and oxygen atoms in total. The molecule has 122 valence electrons. The lowest BCUT2D eigenvalue weighted by molar-refractivity contribution is -0.122. The Bertz CT molecular complexity index is 645. The Labute approximate surface area is 130 Å². The summed E-state index contributed by atoms with van der Waals surface area (Å²) in [5, 5.41) is 2.69. The Morgan fingerprint density at radius 2 is 2.18 bits per heavy atom. The van der Waals surface area contributed by atoms with Gasteiger partial charge in [0.25, 0.3) is 10.2 Å². The van der Waals surface area contributed by atoms with Gasteiger partial charge in [-0.05, 0) is 38.3 Å². The zero-order valence-corrected chi connectivity index (χ0v) is 13.4. The van der Waals surface area contributed by atoms with Crippen LogP contribution in [0.15, 0.2) is 16.5 Å². The second-order valence-corrected chi connectivity index (χ2v) is 7.53. The number of nitrogens with one attached hydrogen (secondary N) is 2. The molecule has 0 aliphatic carbocycles. The lowest BCUT2D eigenvalue weighted by Crippen LogP contribution is -2.51. The van der Waals surface area contributed by atoms with E-state index in [9.17, 15) is 13.2 Å². The van der Waals surface area contributed by atoms with E-state index >= 15 is 0 Å². The Kier molecular flexibility index (Phi) is 4.24. The number of carbonyl (C=O) groups is 1. The van der Waals surface area contributed by atoms with Crippen LogP contribution in [0.25, 0.3) is 0 Å². The van der Waals surface area contributed by atoms with Gasteiger partial charge in [0.05, 0.1) is 6.04 Å². The second kappa shape index (κ2) is 6.02. The molecule has 2 unspecified atom stereocenters. The number of hydrogen-bond donors (Lipinski definition) is 2. The van der Waals surface area contributed by atoms with E-state index < -0.39 is 10.2 Å². The molecule has 0 spiro atoms. The topological polar surface area (TPSA) is 91.7 Å². The maximum absolute atomic E-state index is 12.6. The molecule has 2 N–H and O–H groups in total. The van der Waals surface area contributed by atoms with Crippen molar-refractivity contribution in [2.45, 2.75) is 44.7 Å². The van der Waals surface area contributed by atoms with Crippen molar-refractivity contribution >= 4 is 16.1 Å². The quantitative estimate of drug-likeness (QED) is 0.857. The second-order valence-electron chi connectivity index (χ2n) is 5.88. The van der Waals surface area contributed by atoms with Crippen molar-refractivity contribution in [3.05, 3.63) is 23.7 Å². The summed E-state index contributed by atoms with van der Waals surface area (Å²) in [5.41, 5.74) is 0. The number of aryl methyl sites for hydroxylation is 1. The van der Waals surface area contributed by atoms with Crippen LogP contribution in [0.5, 0.6) is 0 Å². The summed E-state index contributed by atoms with van der Waals surface area (Å²) in [4.78, 5) is 11.2. The van der Waals surface area contributed by atoms with Gasteiger partial charge in [0.1, 0.15) is 11.5 Å². The third-order valence-electron chi connectivity index (χ3n) is 4.18. The van der Waals surface area contributed by atoms with Crippen molar-refractivity contribution < 1.29 is 17.6 Å². The van der Waals surface area contributed by atoms with E-state index in [-0.39, 0.29) is 18.0 Å². The number of furan rings is 1. The first-order valence-corrected chi connectivity index (χ1v) is 9.02. The highest BCUT2D eigenvalue weighted by molar-refractivity contribution is 7.87. The van der Waals surface area contributed by atoms with Crippen molar-refractivity contribution in [1.82, 2.24) is 14.3 Å². The molecule has 0 bridgehead atoms.